The smallest absolute Gasteiger partial charge is 0.255 e. The molecular weight excluding hydrogens is 302 g/mol. The van der Waals surface area contributed by atoms with Gasteiger partial charge in [0.1, 0.15) is 0 Å². The third-order valence-corrected chi connectivity index (χ3v) is 4.62. The Labute approximate surface area is 124 Å². The van der Waals surface area contributed by atoms with E-state index in [4.69, 9.17) is 0 Å². The van der Waals surface area contributed by atoms with E-state index in [0.717, 1.165) is 35.8 Å². The standard InChI is InChI=1S/C16H22BrNO/c1-3-13-7-5-4-6-10-18(13)16(19)14-9-8-12(2)11-15(14)17/h8-9,11,13H,3-7,10H2,1-2H3. The molecule has 3 heteroatoms. The van der Waals surface area contributed by atoms with Gasteiger partial charge in [-0.15, -0.1) is 0 Å². The highest BCUT2D eigenvalue weighted by molar-refractivity contribution is 9.10. The molecule has 1 aromatic rings. The fourth-order valence-electron chi connectivity index (χ4n) is 2.82. The van der Waals surface area contributed by atoms with Gasteiger partial charge in [0.15, 0.2) is 0 Å². The van der Waals surface area contributed by atoms with Gasteiger partial charge in [-0.1, -0.05) is 25.8 Å². The van der Waals surface area contributed by atoms with Crippen molar-refractivity contribution in [2.75, 3.05) is 6.54 Å². The summed E-state index contributed by atoms with van der Waals surface area (Å²) < 4.78 is 0.914. The second-order valence-electron chi connectivity index (χ2n) is 5.39. The zero-order valence-corrected chi connectivity index (χ0v) is 13.4. The van der Waals surface area contributed by atoms with Crippen molar-refractivity contribution in [3.05, 3.63) is 33.8 Å². The van der Waals surface area contributed by atoms with Crippen molar-refractivity contribution in [1.29, 1.82) is 0 Å². The summed E-state index contributed by atoms with van der Waals surface area (Å²) in [7, 11) is 0. The number of amides is 1. The van der Waals surface area contributed by atoms with Crippen molar-refractivity contribution in [2.45, 2.75) is 52.0 Å². The third kappa shape index (κ3) is 3.38. The summed E-state index contributed by atoms with van der Waals surface area (Å²) in [4.78, 5) is 14.8. The van der Waals surface area contributed by atoms with Gasteiger partial charge < -0.3 is 4.90 Å². The van der Waals surface area contributed by atoms with E-state index in [0.29, 0.717) is 6.04 Å². The quantitative estimate of drug-likeness (QED) is 0.781. The third-order valence-electron chi connectivity index (χ3n) is 3.96. The SMILES string of the molecule is CCC1CCCCCN1C(=O)c1ccc(C)cc1Br. The Morgan fingerprint density at radius 1 is 1.37 bits per heavy atom. The molecule has 0 N–H and O–H groups in total. The van der Waals surface area contributed by atoms with Crippen molar-refractivity contribution in [2.24, 2.45) is 0 Å². The van der Waals surface area contributed by atoms with E-state index < -0.39 is 0 Å². The Hall–Kier alpha value is -0.830. The first-order chi connectivity index (χ1) is 9.13. The van der Waals surface area contributed by atoms with Crippen molar-refractivity contribution < 1.29 is 4.79 Å². The molecule has 1 atom stereocenters. The molecule has 1 unspecified atom stereocenters. The molecule has 1 aliphatic heterocycles. The molecule has 1 aliphatic rings. The molecule has 0 aliphatic carbocycles. The number of carbonyl (C=O) groups is 1. The normalized spacial score (nSPS) is 20.2. The minimum absolute atomic E-state index is 0.181. The Balaban J connectivity index is 2.25. The lowest BCUT2D eigenvalue weighted by atomic mass is 10.1. The van der Waals surface area contributed by atoms with Gasteiger partial charge in [0, 0.05) is 17.1 Å². The number of hydrogen-bond acceptors (Lipinski definition) is 1. The number of benzene rings is 1. The van der Waals surface area contributed by atoms with Gasteiger partial charge in [0.2, 0.25) is 0 Å². The second-order valence-corrected chi connectivity index (χ2v) is 6.25. The lowest BCUT2D eigenvalue weighted by molar-refractivity contribution is 0.0677. The van der Waals surface area contributed by atoms with Crippen molar-refractivity contribution in [3.63, 3.8) is 0 Å². The van der Waals surface area contributed by atoms with Gasteiger partial charge in [0.05, 0.1) is 5.56 Å². The number of carbonyl (C=O) groups excluding carboxylic acids is 1. The molecule has 1 heterocycles. The minimum atomic E-state index is 0.181. The van der Waals surface area contributed by atoms with Crippen LogP contribution in [-0.4, -0.2) is 23.4 Å². The molecule has 0 radical (unpaired) electrons. The van der Waals surface area contributed by atoms with E-state index in [2.05, 4.69) is 27.8 Å². The fraction of sp³-hybridized carbons (Fsp3) is 0.562. The average molecular weight is 324 g/mol. The van der Waals surface area contributed by atoms with E-state index in [1.807, 2.05) is 25.1 Å². The van der Waals surface area contributed by atoms with Crippen LogP contribution >= 0.6 is 15.9 Å². The number of rotatable bonds is 2. The van der Waals surface area contributed by atoms with Crippen LogP contribution < -0.4 is 0 Å². The molecule has 1 saturated heterocycles. The lowest BCUT2D eigenvalue weighted by Gasteiger charge is -2.29. The fourth-order valence-corrected chi connectivity index (χ4v) is 3.48. The Bertz CT molecular complexity index is 458. The van der Waals surface area contributed by atoms with Gasteiger partial charge in [-0.05, 0) is 59.8 Å². The summed E-state index contributed by atoms with van der Waals surface area (Å²) in [6.07, 6.45) is 5.82. The van der Waals surface area contributed by atoms with Crippen molar-refractivity contribution in [3.8, 4) is 0 Å². The minimum Gasteiger partial charge on any atom is -0.336 e. The summed E-state index contributed by atoms with van der Waals surface area (Å²) >= 11 is 3.53. The maximum absolute atomic E-state index is 12.7. The molecule has 1 aromatic carbocycles. The predicted molar refractivity (Wildman–Crippen MR) is 82.5 cm³/mol. The lowest BCUT2D eigenvalue weighted by Crippen LogP contribution is -2.39. The summed E-state index contributed by atoms with van der Waals surface area (Å²) in [6.45, 7) is 5.12. The molecule has 1 fully saturated rings. The average Bonchev–Trinajstić information content (AvgIpc) is 2.63. The molecule has 0 spiro atoms. The van der Waals surface area contributed by atoms with Crippen LogP contribution in [0.15, 0.2) is 22.7 Å². The van der Waals surface area contributed by atoms with Gasteiger partial charge in [0.25, 0.3) is 5.91 Å². The molecule has 19 heavy (non-hydrogen) atoms. The zero-order valence-electron chi connectivity index (χ0n) is 11.8. The van der Waals surface area contributed by atoms with E-state index >= 15 is 0 Å². The molecule has 2 nitrogen and oxygen atoms in total. The van der Waals surface area contributed by atoms with Crippen LogP contribution in [0.4, 0.5) is 0 Å². The molecule has 104 valence electrons. The van der Waals surface area contributed by atoms with E-state index in [9.17, 15) is 4.79 Å². The summed E-state index contributed by atoms with van der Waals surface area (Å²) in [5, 5.41) is 0. The number of likely N-dealkylation sites (tertiary alicyclic amines) is 1. The van der Waals surface area contributed by atoms with Crippen molar-refractivity contribution >= 4 is 21.8 Å². The van der Waals surface area contributed by atoms with Crippen LogP contribution in [0.2, 0.25) is 0 Å². The first kappa shape index (κ1) is 14.6. The highest BCUT2D eigenvalue weighted by Crippen LogP contribution is 2.25. The predicted octanol–water partition coefficient (Wildman–Crippen LogP) is 4.55. The summed E-state index contributed by atoms with van der Waals surface area (Å²) in [5.41, 5.74) is 1.97. The zero-order chi connectivity index (χ0) is 13.8. The molecule has 0 bridgehead atoms. The van der Waals surface area contributed by atoms with Crippen LogP contribution in [0.25, 0.3) is 0 Å². The molecule has 0 saturated carbocycles. The Kier molecular flexibility index (Phi) is 5.03. The number of aryl methyl sites for hydroxylation is 1. The van der Waals surface area contributed by atoms with E-state index in [1.54, 1.807) is 0 Å². The van der Waals surface area contributed by atoms with Crippen LogP contribution in [0.3, 0.4) is 0 Å². The molecular formula is C16H22BrNO. The van der Waals surface area contributed by atoms with Gasteiger partial charge in [-0.25, -0.2) is 0 Å². The Morgan fingerprint density at radius 3 is 2.84 bits per heavy atom. The van der Waals surface area contributed by atoms with Crippen LogP contribution in [0.5, 0.6) is 0 Å². The first-order valence-electron chi connectivity index (χ1n) is 7.20. The van der Waals surface area contributed by atoms with E-state index in [1.165, 1.54) is 18.4 Å². The summed E-state index contributed by atoms with van der Waals surface area (Å²) in [6, 6.07) is 6.38. The largest absolute Gasteiger partial charge is 0.336 e. The first-order valence-corrected chi connectivity index (χ1v) is 8.00. The Morgan fingerprint density at radius 2 is 2.16 bits per heavy atom. The molecule has 0 aromatic heterocycles. The van der Waals surface area contributed by atoms with Gasteiger partial charge >= 0.3 is 0 Å². The maximum atomic E-state index is 12.7. The monoisotopic (exact) mass is 323 g/mol. The maximum Gasteiger partial charge on any atom is 0.255 e. The van der Waals surface area contributed by atoms with Gasteiger partial charge in [-0.2, -0.15) is 0 Å². The number of halogens is 1. The topological polar surface area (TPSA) is 20.3 Å². The number of hydrogen-bond donors (Lipinski definition) is 0. The van der Waals surface area contributed by atoms with Crippen LogP contribution in [-0.2, 0) is 0 Å². The highest BCUT2D eigenvalue weighted by atomic mass is 79.9. The van der Waals surface area contributed by atoms with E-state index in [-0.39, 0.29) is 5.91 Å². The molecule has 2 rings (SSSR count). The van der Waals surface area contributed by atoms with Crippen LogP contribution in [0, 0.1) is 6.92 Å². The van der Waals surface area contributed by atoms with Crippen LogP contribution in [0.1, 0.15) is 54.9 Å². The number of nitrogens with zero attached hydrogens (tertiary/aromatic N) is 1. The second kappa shape index (κ2) is 6.56. The van der Waals surface area contributed by atoms with Crippen molar-refractivity contribution in [1.82, 2.24) is 4.90 Å². The summed E-state index contributed by atoms with van der Waals surface area (Å²) in [5.74, 6) is 0.181. The molecule has 1 amide bonds. The van der Waals surface area contributed by atoms with Gasteiger partial charge in [-0.3, -0.25) is 4.79 Å². The highest BCUT2D eigenvalue weighted by Gasteiger charge is 2.26.